The number of para-hydroxylation sites is 2. The highest BCUT2D eigenvalue weighted by Crippen LogP contribution is 2.28. The molecule has 1 aromatic heterocycles. The third-order valence-electron chi connectivity index (χ3n) is 7.30. The summed E-state index contributed by atoms with van der Waals surface area (Å²) in [6, 6.07) is 34.1. The molecule has 1 heterocycles. The number of nitrogens with zero attached hydrogens (tertiary/aromatic N) is 1. The van der Waals surface area contributed by atoms with Gasteiger partial charge in [-0.3, -0.25) is 14.4 Å². The van der Waals surface area contributed by atoms with Crippen molar-refractivity contribution in [2.45, 2.75) is 17.1 Å². The molecular weight excluding hydrogens is 663 g/mol. The van der Waals surface area contributed by atoms with E-state index in [9.17, 15) is 18.8 Å². The maximum Gasteiger partial charge on any atom is 0.272 e. The largest absolute Gasteiger partial charge is 0.436 e. The van der Waals surface area contributed by atoms with Crippen LogP contribution in [0.2, 0.25) is 5.02 Å². The van der Waals surface area contributed by atoms with Crippen LogP contribution in [0.1, 0.15) is 22.8 Å². The summed E-state index contributed by atoms with van der Waals surface area (Å²) < 4.78 is 20.4. The molecule has 0 bridgehead atoms. The van der Waals surface area contributed by atoms with Crippen LogP contribution in [0.3, 0.4) is 0 Å². The number of halogens is 2. The Kier molecular flexibility index (Phi) is 10.2. The SMILES string of the molecule is CC(Sc1ccc(NC(=O)/C(=C/c2c(F)cccc2Cl)NC(=O)c2ccccc2)cc1)C(=O)Nc1ccc(-c2nc3ccccc3o2)cc1. The first-order valence-corrected chi connectivity index (χ1v) is 16.4. The number of hydrogen-bond donors (Lipinski definition) is 3. The molecule has 3 amide bonds. The Hall–Kier alpha value is -5.71. The molecule has 3 N–H and O–H groups in total. The molecule has 0 fully saturated rings. The van der Waals surface area contributed by atoms with Crippen molar-refractivity contribution in [3.63, 3.8) is 0 Å². The first kappa shape index (κ1) is 33.2. The van der Waals surface area contributed by atoms with Crippen molar-refractivity contribution >= 4 is 69.6 Å². The monoisotopic (exact) mass is 690 g/mol. The van der Waals surface area contributed by atoms with Gasteiger partial charge in [-0.1, -0.05) is 48.0 Å². The highest BCUT2D eigenvalue weighted by Gasteiger charge is 2.18. The Labute approximate surface area is 290 Å². The number of aromatic nitrogens is 1. The van der Waals surface area contributed by atoms with Crippen LogP contribution in [-0.4, -0.2) is 28.0 Å². The topological polar surface area (TPSA) is 113 Å². The van der Waals surface area contributed by atoms with Gasteiger partial charge >= 0.3 is 0 Å². The lowest BCUT2D eigenvalue weighted by molar-refractivity contribution is -0.115. The normalized spacial score (nSPS) is 11.9. The summed E-state index contributed by atoms with van der Waals surface area (Å²) in [5, 5.41) is 7.87. The first-order chi connectivity index (χ1) is 23.7. The van der Waals surface area contributed by atoms with E-state index < -0.39 is 22.9 Å². The highest BCUT2D eigenvalue weighted by molar-refractivity contribution is 8.00. The molecule has 0 saturated heterocycles. The molecule has 49 heavy (non-hydrogen) atoms. The average molecular weight is 691 g/mol. The molecule has 0 aliphatic carbocycles. The third kappa shape index (κ3) is 8.24. The van der Waals surface area contributed by atoms with Crippen LogP contribution >= 0.6 is 23.4 Å². The summed E-state index contributed by atoms with van der Waals surface area (Å²) in [6.07, 6.45) is 1.20. The van der Waals surface area contributed by atoms with E-state index in [0.717, 1.165) is 16.0 Å². The molecule has 0 spiro atoms. The summed E-state index contributed by atoms with van der Waals surface area (Å²) in [5.74, 6) is -1.57. The predicted octanol–water partition coefficient (Wildman–Crippen LogP) is 8.82. The predicted molar refractivity (Wildman–Crippen MR) is 192 cm³/mol. The van der Waals surface area contributed by atoms with E-state index in [-0.39, 0.29) is 22.2 Å². The van der Waals surface area contributed by atoms with Crippen LogP contribution < -0.4 is 16.0 Å². The van der Waals surface area contributed by atoms with Gasteiger partial charge in [-0.15, -0.1) is 11.8 Å². The summed E-state index contributed by atoms with van der Waals surface area (Å²) in [7, 11) is 0. The van der Waals surface area contributed by atoms with E-state index in [1.54, 1.807) is 73.7 Å². The molecule has 11 heteroatoms. The number of anilines is 2. The number of benzene rings is 5. The first-order valence-electron chi connectivity index (χ1n) is 15.1. The molecule has 0 aliphatic rings. The van der Waals surface area contributed by atoms with Crippen LogP contribution in [0.25, 0.3) is 28.6 Å². The zero-order chi connectivity index (χ0) is 34.3. The second-order valence-electron chi connectivity index (χ2n) is 10.8. The lowest BCUT2D eigenvalue weighted by Crippen LogP contribution is -2.30. The van der Waals surface area contributed by atoms with E-state index in [0.29, 0.717) is 28.4 Å². The number of amides is 3. The van der Waals surface area contributed by atoms with Gasteiger partial charge in [0.05, 0.1) is 10.3 Å². The molecule has 5 aromatic carbocycles. The number of carbonyl (C=O) groups excluding carboxylic acids is 3. The van der Waals surface area contributed by atoms with Crippen LogP contribution in [0.5, 0.6) is 0 Å². The van der Waals surface area contributed by atoms with Crippen molar-refractivity contribution < 1.29 is 23.2 Å². The summed E-state index contributed by atoms with van der Waals surface area (Å²) in [4.78, 5) is 44.5. The van der Waals surface area contributed by atoms with Crippen molar-refractivity contribution in [2.75, 3.05) is 10.6 Å². The van der Waals surface area contributed by atoms with E-state index in [4.69, 9.17) is 16.0 Å². The average Bonchev–Trinajstić information content (AvgIpc) is 3.55. The number of thioether (sulfide) groups is 1. The minimum absolute atomic E-state index is 0.0409. The Morgan fingerprint density at radius 3 is 2.20 bits per heavy atom. The van der Waals surface area contributed by atoms with Gasteiger partial charge in [-0.25, -0.2) is 9.37 Å². The van der Waals surface area contributed by atoms with E-state index in [2.05, 4.69) is 20.9 Å². The quantitative estimate of drug-likeness (QED) is 0.0978. The standard InChI is InChI=1S/C38H28ClFN4O4S/c1-23(35(45)41-26-16-14-25(15-17-26)38-44-32-12-5-6-13-34(32)48-38)49-28-20-18-27(19-21-28)42-37(47)33(22-29-30(39)10-7-11-31(29)40)43-36(46)24-8-3-2-4-9-24/h2-23H,1H3,(H,41,45)(H,42,47)(H,43,46)/b33-22-. The molecule has 8 nitrogen and oxygen atoms in total. The van der Waals surface area contributed by atoms with Crippen molar-refractivity contribution in [2.24, 2.45) is 0 Å². The van der Waals surface area contributed by atoms with Crippen molar-refractivity contribution in [1.29, 1.82) is 0 Å². The molecule has 0 radical (unpaired) electrons. The van der Waals surface area contributed by atoms with Gasteiger partial charge in [0, 0.05) is 33.0 Å². The summed E-state index contributed by atoms with van der Waals surface area (Å²) in [6.45, 7) is 1.79. The zero-order valence-electron chi connectivity index (χ0n) is 25.9. The maximum atomic E-state index is 14.6. The van der Waals surface area contributed by atoms with Gasteiger partial charge in [0.2, 0.25) is 11.8 Å². The fraction of sp³-hybridized carbons (Fsp3) is 0.0526. The lowest BCUT2D eigenvalue weighted by Gasteiger charge is -2.14. The smallest absolute Gasteiger partial charge is 0.272 e. The van der Waals surface area contributed by atoms with Crippen LogP contribution in [0.4, 0.5) is 15.8 Å². The van der Waals surface area contributed by atoms with Gasteiger partial charge in [-0.05, 0) is 97.9 Å². The number of fused-ring (bicyclic) bond motifs is 1. The molecule has 244 valence electrons. The van der Waals surface area contributed by atoms with Crippen molar-refractivity contribution in [1.82, 2.24) is 10.3 Å². The van der Waals surface area contributed by atoms with Gasteiger partial charge < -0.3 is 20.4 Å². The second-order valence-corrected chi connectivity index (χ2v) is 12.6. The fourth-order valence-corrected chi connectivity index (χ4v) is 5.83. The molecule has 1 unspecified atom stereocenters. The van der Waals surface area contributed by atoms with Crippen molar-refractivity contribution in [3.8, 4) is 11.5 Å². The third-order valence-corrected chi connectivity index (χ3v) is 8.75. The van der Waals surface area contributed by atoms with E-state index in [1.807, 2.05) is 36.4 Å². The molecule has 1 atom stereocenters. The van der Waals surface area contributed by atoms with Crippen molar-refractivity contribution in [3.05, 3.63) is 149 Å². The highest BCUT2D eigenvalue weighted by atomic mass is 35.5. The summed E-state index contributed by atoms with van der Waals surface area (Å²) >= 11 is 7.54. The molecular formula is C38H28ClFN4O4S. The Morgan fingerprint density at radius 1 is 0.816 bits per heavy atom. The molecule has 6 rings (SSSR count). The molecule has 6 aromatic rings. The number of oxazole rings is 1. The van der Waals surface area contributed by atoms with Gasteiger partial charge in [0.15, 0.2) is 5.58 Å². The van der Waals surface area contributed by atoms with E-state index >= 15 is 0 Å². The van der Waals surface area contributed by atoms with Gasteiger partial charge in [0.25, 0.3) is 11.8 Å². The minimum atomic E-state index is -0.682. The van der Waals surface area contributed by atoms with E-state index in [1.165, 1.54) is 36.0 Å². The number of hydrogen-bond acceptors (Lipinski definition) is 6. The van der Waals surface area contributed by atoms with Crippen LogP contribution in [0.15, 0.2) is 136 Å². The zero-order valence-corrected chi connectivity index (χ0v) is 27.5. The maximum absolute atomic E-state index is 14.6. The Bertz CT molecular complexity index is 2120. The van der Waals surface area contributed by atoms with Gasteiger partial charge in [-0.2, -0.15) is 0 Å². The number of nitrogens with one attached hydrogen (secondary N) is 3. The number of rotatable bonds is 10. The van der Waals surface area contributed by atoms with Crippen LogP contribution in [0, 0.1) is 5.82 Å². The van der Waals surface area contributed by atoms with Gasteiger partial charge in [0.1, 0.15) is 17.0 Å². The Morgan fingerprint density at radius 2 is 1.49 bits per heavy atom. The molecule has 0 aliphatic heterocycles. The number of carbonyl (C=O) groups is 3. The van der Waals surface area contributed by atoms with Crippen LogP contribution in [-0.2, 0) is 9.59 Å². The minimum Gasteiger partial charge on any atom is -0.436 e. The second kappa shape index (κ2) is 15.0. The lowest BCUT2D eigenvalue weighted by atomic mass is 10.1. The fourth-order valence-electron chi connectivity index (χ4n) is 4.74. The summed E-state index contributed by atoms with van der Waals surface area (Å²) in [5.41, 5.74) is 3.40. The molecule has 0 saturated carbocycles. The Balaban J connectivity index is 1.08.